The normalized spacial score (nSPS) is 12.7. The zero-order valence-electron chi connectivity index (χ0n) is 37.0. The fourth-order valence-electron chi connectivity index (χ4n) is 7.71. The van der Waals surface area contributed by atoms with Crippen molar-refractivity contribution in [3.05, 3.63) is 0 Å². The van der Waals surface area contributed by atoms with Gasteiger partial charge in [-0.2, -0.15) is 0 Å². The molecule has 0 aromatic rings. The molecule has 0 aliphatic carbocycles. The van der Waals surface area contributed by atoms with Gasteiger partial charge in [-0.25, -0.2) is 0 Å². The summed E-state index contributed by atoms with van der Waals surface area (Å²) >= 11 is 0. The fraction of sp³-hybridized carbons (Fsp3) is 0.958. The highest BCUT2D eigenvalue weighted by Crippen LogP contribution is 2.21. The maximum absolute atomic E-state index is 12.5. The molecular formula is C48H95NO5. The van der Waals surface area contributed by atoms with Gasteiger partial charge < -0.3 is 19.5 Å². The van der Waals surface area contributed by atoms with Crippen LogP contribution < -0.4 is 0 Å². The summed E-state index contributed by atoms with van der Waals surface area (Å²) in [6, 6.07) is 0. The van der Waals surface area contributed by atoms with E-state index >= 15 is 0 Å². The van der Waals surface area contributed by atoms with Gasteiger partial charge in [0.2, 0.25) is 0 Å². The van der Waals surface area contributed by atoms with E-state index < -0.39 is 0 Å². The second-order valence-electron chi connectivity index (χ2n) is 16.8. The molecule has 6 heteroatoms. The molecular weight excluding hydrogens is 671 g/mol. The molecule has 0 aromatic heterocycles. The summed E-state index contributed by atoms with van der Waals surface area (Å²) in [6.07, 6.45) is 40.3. The number of ether oxygens (including phenoxy) is 2. The van der Waals surface area contributed by atoms with Crippen molar-refractivity contribution in [1.29, 1.82) is 0 Å². The van der Waals surface area contributed by atoms with Crippen molar-refractivity contribution in [3.8, 4) is 0 Å². The summed E-state index contributed by atoms with van der Waals surface area (Å²) in [6.45, 7) is 13.3. The van der Waals surface area contributed by atoms with Crippen LogP contribution >= 0.6 is 0 Å². The first-order valence-electron chi connectivity index (χ1n) is 24.1. The van der Waals surface area contributed by atoms with Crippen LogP contribution in [-0.4, -0.2) is 61.4 Å². The lowest BCUT2D eigenvalue weighted by atomic mass is 9.95. The van der Waals surface area contributed by atoms with E-state index in [1.165, 1.54) is 154 Å². The van der Waals surface area contributed by atoms with Gasteiger partial charge in [-0.05, 0) is 76.3 Å². The van der Waals surface area contributed by atoms with E-state index in [-0.39, 0.29) is 18.5 Å². The molecule has 0 bridgehead atoms. The molecule has 0 heterocycles. The van der Waals surface area contributed by atoms with Gasteiger partial charge >= 0.3 is 11.9 Å². The zero-order valence-corrected chi connectivity index (χ0v) is 37.0. The van der Waals surface area contributed by atoms with Crippen molar-refractivity contribution >= 4 is 11.9 Å². The Morgan fingerprint density at radius 2 is 0.722 bits per heavy atom. The van der Waals surface area contributed by atoms with E-state index in [4.69, 9.17) is 9.47 Å². The van der Waals surface area contributed by atoms with Crippen molar-refractivity contribution in [1.82, 2.24) is 4.90 Å². The zero-order chi connectivity index (χ0) is 39.6. The maximum atomic E-state index is 12.5. The Morgan fingerprint density at radius 3 is 1.11 bits per heavy atom. The largest absolute Gasteiger partial charge is 0.465 e. The number of nitrogens with zero attached hydrogens (tertiary/aromatic N) is 1. The second-order valence-corrected chi connectivity index (χ2v) is 16.8. The van der Waals surface area contributed by atoms with Gasteiger partial charge in [0.15, 0.2) is 0 Å². The molecule has 1 N–H and O–H groups in total. The number of aliphatic hydroxyl groups excluding tert-OH is 1. The van der Waals surface area contributed by atoms with E-state index in [1.807, 2.05) is 0 Å². The Morgan fingerprint density at radius 1 is 0.407 bits per heavy atom. The van der Waals surface area contributed by atoms with Crippen LogP contribution in [0.5, 0.6) is 0 Å². The number of hydrogen-bond donors (Lipinski definition) is 1. The Hall–Kier alpha value is -1.14. The molecule has 0 aliphatic rings. The summed E-state index contributed by atoms with van der Waals surface area (Å²) in [5.41, 5.74) is 0. The first-order chi connectivity index (χ1) is 26.5. The lowest BCUT2D eigenvalue weighted by Gasteiger charge is -2.21. The second kappa shape index (κ2) is 43.0. The van der Waals surface area contributed by atoms with Gasteiger partial charge in [0.1, 0.15) is 0 Å². The van der Waals surface area contributed by atoms with Gasteiger partial charge in [-0.3, -0.25) is 9.59 Å². The molecule has 54 heavy (non-hydrogen) atoms. The van der Waals surface area contributed by atoms with Gasteiger partial charge in [0, 0.05) is 19.4 Å². The minimum atomic E-state index is -0.00998. The summed E-state index contributed by atoms with van der Waals surface area (Å²) in [4.78, 5) is 27.3. The molecule has 0 rings (SSSR count). The molecule has 0 saturated heterocycles. The summed E-state index contributed by atoms with van der Waals surface area (Å²) in [5, 5.41) is 9.58. The van der Waals surface area contributed by atoms with E-state index in [0.717, 1.165) is 71.0 Å². The van der Waals surface area contributed by atoms with Crippen molar-refractivity contribution in [2.45, 2.75) is 246 Å². The van der Waals surface area contributed by atoms with Crippen molar-refractivity contribution in [2.75, 3.05) is 39.5 Å². The van der Waals surface area contributed by atoms with Crippen LogP contribution in [0.1, 0.15) is 246 Å². The van der Waals surface area contributed by atoms with E-state index in [9.17, 15) is 14.7 Å². The topological polar surface area (TPSA) is 76.1 Å². The van der Waals surface area contributed by atoms with Crippen LogP contribution in [-0.2, 0) is 19.1 Å². The summed E-state index contributed by atoms with van der Waals surface area (Å²) in [5.74, 6) is 1.05. The van der Waals surface area contributed by atoms with Crippen LogP contribution in [0.15, 0.2) is 0 Å². The van der Waals surface area contributed by atoms with Crippen LogP contribution in [0, 0.1) is 11.8 Å². The van der Waals surface area contributed by atoms with Crippen LogP contribution in [0.25, 0.3) is 0 Å². The van der Waals surface area contributed by atoms with Crippen molar-refractivity contribution in [3.63, 3.8) is 0 Å². The highest BCUT2D eigenvalue weighted by atomic mass is 16.5. The number of aliphatic hydroxyl groups is 1. The molecule has 0 aromatic carbocycles. The lowest BCUT2D eigenvalue weighted by molar-refractivity contribution is -0.146. The number of esters is 2. The molecule has 0 spiro atoms. The highest BCUT2D eigenvalue weighted by Gasteiger charge is 2.14. The third-order valence-electron chi connectivity index (χ3n) is 11.5. The number of hydrogen-bond acceptors (Lipinski definition) is 6. The smallest absolute Gasteiger partial charge is 0.305 e. The monoisotopic (exact) mass is 766 g/mol. The highest BCUT2D eigenvalue weighted by molar-refractivity contribution is 5.69. The number of unbranched alkanes of at least 4 members (excludes halogenated alkanes) is 22. The first-order valence-corrected chi connectivity index (χ1v) is 24.1. The molecule has 6 nitrogen and oxygen atoms in total. The van der Waals surface area contributed by atoms with Gasteiger partial charge in [0.05, 0.1) is 19.8 Å². The molecule has 0 saturated carbocycles. The maximum Gasteiger partial charge on any atom is 0.305 e. The van der Waals surface area contributed by atoms with E-state index in [1.54, 1.807) is 0 Å². The minimum absolute atomic E-state index is 0.00409. The molecule has 0 radical (unpaired) electrons. The molecule has 2 atom stereocenters. The average Bonchev–Trinajstić information content (AvgIpc) is 3.17. The number of rotatable bonds is 44. The first kappa shape index (κ1) is 52.9. The van der Waals surface area contributed by atoms with E-state index in [2.05, 4.69) is 32.6 Å². The van der Waals surface area contributed by atoms with Crippen LogP contribution in [0.2, 0.25) is 0 Å². The van der Waals surface area contributed by atoms with E-state index in [0.29, 0.717) is 37.9 Å². The minimum Gasteiger partial charge on any atom is -0.465 e. The Balaban J connectivity index is 4.01. The SMILES string of the molecule is CCCCCCCCC(CCCC)COC(=O)CCCCCCCN(CCO)CCCCCCCC(=O)OCC(CCCCCC)CCCCCCCC. The quantitative estimate of drug-likeness (QED) is 0.0492. The third-order valence-corrected chi connectivity index (χ3v) is 11.5. The Kier molecular flexibility index (Phi) is 42.1. The third kappa shape index (κ3) is 37.8. The Bertz CT molecular complexity index is 776. The fourth-order valence-corrected chi connectivity index (χ4v) is 7.71. The van der Waals surface area contributed by atoms with Crippen LogP contribution in [0.4, 0.5) is 0 Å². The average molecular weight is 766 g/mol. The standard InChI is InChI=1S/C48H95NO5/c1-5-9-13-16-20-27-35-45(33-12-8-4)43-53-47(51)37-29-22-18-24-31-39-49(41-42-50)40-32-25-19-23-30-38-48(52)54-44-46(34-26-15-11-7-3)36-28-21-17-14-10-6-2/h45-46,50H,5-44H2,1-4H3. The van der Waals surface area contributed by atoms with Crippen molar-refractivity contribution in [2.24, 2.45) is 11.8 Å². The van der Waals surface area contributed by atoms with Gasteiger partial charge in [0.25, 0.3) is 0 Å². The predicted molar refractivity (Wildman–Crippen MR) is 232 cm³/mol. The summed E-state index contributed by atoms with van der Waals surface area (Å²) in [7, 11) is 0. The number of carbonyl (C=O) groups excluding carboxylic acids is 2. The summed E-state index contributed by atoms with van der Waals surface area (Å²) < 4.78 is 11.5. The molecule has 0 aliphatic heterocycles. The van der Waals surface area contributed by atoms with Crippen LogP contribution in [0.3, 0.4) is 0 Å². The van der Waals surface area contributed by atoms with Gasteiger partial charge in [-0.1, -0.05) is 182 Å². The Labute approximate surface area is 337 Å². The molecule has 0 amide bonds. The van der Waals surface area contributed by atoms with Gasteiger partial charge in [-0.15, -0.1) is 0 Å². The molecule has 2 unspecified atom stereocenters. The lowest BCUT2D eigenvalue weighted by Crippen LogP contribution is -2.29. The predicted octanol–water partition coefficient (Wildman–Crippen LogP) is 13.9. The molecule has 0 fully saturated rings. The molecule has 322 valence electrons. The number of carbonyl (C=O) groups is 2. The van der Waals surface area contributed by atoms with Crippen molar-refractivity contribution < 1.29 is 24.2 Å².